The Bertz CT molecular complexity index is 1160. The molecule has 7 heteroatoms. The number of allylic oxidation sites excluding steroid dienone is 1. The van der Waals surface area contributed by atoms with E-state index in [9.17, 15) is 14.0 Å². The zero-order chi connectivity index (χ0) is 24.6. The fraction of sp³-hybridized carbons (Fsp3) is 0.407. The molecular weight excluding hydrogens is 436 g/mol. The van der Waals surface area contributed by atoms with E-state index >= 15 is 4.39 Å². The van der Waals surface area contributed by atoms with Gasteiger partial charge in [0.15, 0.2) is 5.78 Å². The monoisotopic (exact) mass is 467 g/mol. The second kappa shape index (κ2) is 9.20. The minimum absolute atomic E-state index is 0.0830. The zero-order valence-electron chi connectivity index (χ0n) is 20.0. The lowest BCUT2D eigenvalue weighted by atomic mass is 9.73. The summed E-state index contributed by atoms with van der Waals surface area (Å²) in [5.74, 6) is -1.51. The Morgan fingerprint density at radius 1 is 1.18 bits per heavy atom. The van der Waals surface area contributed by atoms with Gasteiger partial charge in [-0.1, -0.05) is 45.9 Å². The average molecular weight is 468 g/mol. The van der Waals surface area contributed by atoms with Gasteiger partial charge in [-0.2, -0.15) is 0 Å². The molecular formula is C27H31F2N3O2. The zero-order valence-corrected chi connectivity index (χ0v) is 20.0. The van der Waals surface area contributed by atoms with Crippen molar-refractivity contribution < 1.29 is 18.4 Å². The molecule has 1 aliphatic carbocycles. The van der Waals surface area contributed by atoms with Crippen molar-refractivity contribution in [3.05, 3.63) is 70.9 Å². The van der Waals surface area contributed by atoms with Crippen molar-refractivity contribution in [2.24, 2.45) is 11.3 Å². The summed E-state index contributed by atoms with van der Waals surface area (Å²) in [6.45, 7) is 8.47. The Kier molecular flexibility index (Phi) is 6.47. The van der Waals surface area contributed by atoms with Crippen molar-refractivity contribution >= 4 is 23.1 Å². The number of carbonyl (C=O) groups excluding carboxylic acids is 2. The summed E-state index contributed by atoms with van der Waals surface area (Å²) in [4.78, 5) is 28.3. The number of para-hydroxylation sites is 2. The van der Waals surface area contributed by atoms with Gasteiger partial charge in [-0.05, 0) is 36.0 Å². The van der Waals surface area contributed by atoms with E-state index in [0.717, 1.165) is 11.8 Å². The smallest absolute Gasteiger partial charge is 0.239 e. The molecule has 180 valence electrons. The molecule has 0 fully saturated rings. The van der Waals surface area contributed by atoms with Crippen LogP contribution in [-0.2, 0) is 9.59 Å². The second-order valence-corrected chi connectivity index (χ2v) is 10.4. The van der Waals surface area contributed by atoms with Crippen LogP contribution in [0.5, 0.6) is 0 Å². The number of ketones is 1. The summed E-state index contributed by atoms with van der Waals surface area (Å²) in [6.07, 6.45) is 0.895. The molecule has 1 atom stereocenters. The van der Waals surface area contributed by atoms with Gasteiger partial charge in [-0.3, -0.25) is 9.59 Å². The first-order valence-electron chi connectivity index (χ1n) is 11.7. The third-order valence-electron chi connectivity index (χ3n) is 6.28. The SMILES string of the molecule is CC(C)CNC(=O)CN1c2ccccc2NC2=C(C(=O)CC(C)(C)C2)C1c1ccc(F)cc1F. The molecule has 0 saturated heterocycles. The van der Waals surface area contributed by atoms with Crippen LogP contribution in [-0.4, -0.2) is 24.8 Å². The van der Waals surface area contributed by atoms with E-state index in [2.05, 4.69) is 10.6 Å². The number of amides is 1. The standard InChI is InChI=1S/C27H31F2N3O2/c1-16(2)14-30-24(34)15-32-22-8-6-5-7-20(22)31-21-12-27(3,4)13-23(33)25(21)26(32)18-10-9-17(28)11-19(18)29/h5-11,16,26,31H,12-15H2,1-4H3,(H,30,34). The molecule has 0 aromatic heterocycles. The van der Waals surface area contributed by atoms with Gasteiger partial charge in [0.1, 0.15) is 11.6 Å². The summed E-state index contributed by atoms with van der Waals surface area (Å²) < 4.78 is 29.0. The number of fused-ring (bicyclic) bond motifs is 1. The van der Waals surface area contributed by atoms with E-state index in [1.165, 1.54) is 12.1 Å². The lowest BCUT2D eigenvalue weighted by molar-refractivity contribution is -0.120. The first kappa shape index (κ1) is 23.9. The van der Waals surface area contributed by atoms with E-state index in [1.807, 2.05) is 52.0 Å². The van der Waals surface area contributed by atoms with E-state index < -0.39 is 17.7 Å². The van der Waals surface area contributed by atoms with Crippen LogP contribution in [0.2, 0.25) is 0 Å². The van der Waals surface area contributed by atoms with Crippen molar-refractivity contribution in [3.63, 3.8) is 0 Å². The Hall–Kier alpha value is -3.22. The molecule has 2 aromatic rings. The van der Waals surface area contributed by atoms with Gasteiger partial charge in [0.25, 0.3) is 0 Å². The molecule has 0 radical (unpaired) electrons. The number of nitrogens with one attached hydrogen (secondary N) is 2. The van der Waals surface area contributed by atoms with Crippen LogP contribution in [0, 0.1) is 23.0 Å². The molecule has 0 saturated carbocycles. The molecule has 2 aromatic carbocycles. The lowest BCUT2D eigenvalue weighted by Gasteiger charge is -2.38. The van der Waals surface area contributed by atoms with Crippen LogP contribution in [0.1, 0.15) is 52.1 Å². The number of Topliss-reactive ketones (excluding diaryl/α,β-unsaturated/α-hetero) is 1. The first-order valence-corrected chi connectivity index (χ1v) is 11.7. The van der Waals surface area contributed by atoms with Gasteiger partial charge in [0.2, 0.25) is 5.91 Å². The lowest BCUT2D eigenvalue weighted by Crippen LogP contribution is -2.43. The molecule has 34 heavy (non-hydrogen) atoms. The highest BCUT2D eigenvalue weighted by Gasteiger charge is 2.42. The molecule has 0 bridgehead atoms. The molecule has 1 heterocycles. The summed E-state index contributed by atoms with van der Waals surface area (Å²) in [7, 11) is 0. The predicted octanol–water partition coefficient (Wildman–Crippen LogP) is 5.35. The predicted molar refractivity (Wildman–Crippen MR) is 129 cm³/mol. The van der Waals surface area contributed by atoms with Crippen molar-refractivity contribution in [1.29, 1.82) is 0 Å². The number of benzene rings is 2. The fourth-order valence-corrected chi connectivity index (χ4v) is 4.80. The van der Waals surface area contributed by atoms with Crippen LogP contribution in [0.3, 0.4) is 0 Å². The maximum absolute atomic E-state index is 15.2. The van der Waals surface area contributed by atoms with Crippen molar-refractivity contribution in [3.8, 4) is 0 Å². The first-order chi connectivity index (χ1) is 16.1. The molecule has 1 unspecified atom stereocenters. The quantitative estimate of drug-likeness (QED) is 0.622. The second-order valence-electron chi connectivity index (χ2n) is 10.4. The summed E-state index contributed by atoms with van der Waals surface area (Å²) in [5.41, 5.74) is 2.45. The van der Waals surface area contributed by atoms with Gasteiger partial charge in [0, 0.05) is 35.9 Å². The van der Waals surface area contributed by atoms with Gasteiger partial charge in [-0.15, -0.1) is 0 Å². The number of carbonyl (C=O) groups is 2. The van der Waals surface area contributed by atoms with Crippen molar-refractivity contribution in [2.75, 3.05) is 23.3 Å². The van der Waals surface area contributed by atoms with E-state index in [1.54, 1.807) is 4.90 Å². The maximum atomic E-state index is 15.2. The van der Waals surface area contributed by atoms with E-state index in [-0.39, 0.29) is 35.1 Å². The van der Waals surface area contributed by atoms with E-state index in [4.69, 9.17) is 0 Å². The fourth-order valence-electron chi connectivity index (χ4n) is 4.80. The third-order valence-corrected chi connectivity index (χ3v) is 6.28. The number of hydrogen-bond acceptors (Lipinski definition) is 4. The molecule has 0 spiro atoms. The number of hydrogen-bond donors (Lipinski definition) is 2. The summed E-state index contributed by atoms with van der Waals surface area (Å²) >= 11 is 0. The van der Waals surface area contributed by atoms with Crippen molar-refractivity contribution in [1.82, 2.24) is 5.32 Å². The molecule has 5 nitrogen and oxygen atoms in total. The number of nitrogens with zero attached hydrogens (tertiary/aromatic N) is 1. The molecule has 1 amide bonds. The number of anilines is 2. The highest BCUT2D eigenvalue weighted by atomic mass is 19.1. The highest BCUT2D eigenvalue weighted by molar-refractivity contribution is 6.01. The van der Waals surface area contributed by atoms with Crippen LogP contribution >= 0.6 is 0 Å². The Labute approximate surface area is 199 Å². The molecule has 4 rings (SSSR count). The van der Waals surface area contributed by atoms with Crippen LogP contribution in [0.4, 0.5) is 20.2 Å². The average Bonchev–Trinajstić information content (AvgIpc) is 2.86. The molecule has 2 aliphatic rings. The van der Waals surface area contributed by atoms with E-state index in [0.29, 0.717) is 36.3 Å². The molecule has 1 aliphatic heterocycles. The normalized spacial score (nSPS) is 19.3. The summed E-state index contributed by atoms with van der Waals surface area (Å²) in [5, 5.41) is 6.34. The largest absolute Gasteiger partial charge is 0.357 e. The Morgan fingerprint density at radius 3 is 2.62 bits per heavy atom. The minimum Gasteiger partial charge on any atom is -0.357 e. The highest BCUT2D eigenvalue weighted by Crippen LogP contribution is 2.48. The molecule has 2 N–H and O–H groups in total. The summed E-state index contributed by atoms with van der Waals surface area (Å²) in [6, 6.07) is 9.96. The Balaban J connectivity index is 1.91. The number of halogens is 2. The van der Waals surface area contributed by atoms with Crippen molar-refractivity contribution in [2.45, 2.75) is 46.6 Å². The van der Waals surface area contributed by atoms with Gasteiger partial charge in [0.05, 0.1) is 24.0 Å². The number of rotatable bonds is 5. The van der Waals surface area contributed by atoms with Crippen LogP contribution < -0.4 is 15.5 Å². The van der Waals surface area contributed by atoms with Crippen LogP contribution in [0.25, 0.3) is 0 Å². The Morgan fingerprint density at radius 2 is 1.91 bits per heavy atom. The van der Waals surface area contributed by atoms with Gasteiger partial charge in [-0.25, -0.2) is 8.78 Å². The maximum Gasteiger partial charge on any atom is 0.239 e. The minimum atomic E-state index is -0.875. The third kappa shape index (κ3) is 4.83. The van der Waals surface area contributed by atoms with Gasteiger partial charge >= 0.3 is 0 Å². The van der Waals surface area contributed by atoms with Crippen LogP contribution in [0.15, 0.2) is 53.7 Å². The topological polar surface area (TPSA) is 61.4 Å². The van der Waals surface area contributed by atoms with Gasteiger partial charge < -0.3 is 15.5 Å².